The Balaban J connectivity index is 1.58. The van der Waals surface area contributed by atoms with Crippen LogP contribution in [0.4, 0.5) is 5.82 Å². The minimum atomic E-state index is -0.810. The molecule has 3 heterocycles. The van der Waals surface area contributed by atoms with Gasteiger partial charge >= 0.3 is 5.97 Å². The van der Waals surface area contributed by atoms with Crippen molar-refractivity contribution in [2.24, 2.45) is 0 Å². The Bertz CT molecular complexity index is 1180. The maximum absolute atomic E-state index is 13.3. The first-order valence-electron chi connectivity index (χ1n) is 9.91. The molecule has 3 aromatic rings. The number of nitrogens with zero attached hydrogens (tertiary/aromatic N) is 6. The molecule has 162 valence electrons. The van der Waals surface area contributed by atoms with Crippen molar-refractivity contribution >= 4 is 17.7 Å². The predicted octanol–water partition coefficient (Wildman–Crippen LogP) is 1.82. The van der Waals surface area contributed by atoms with Crippen LogP contribution in [-0.4, -0.2) is 64.7 Å². The number of hydrogen-bond acceptors (Lipinski definition) is 9. The van der Waals surface area contributed by atoms with Gasteiger partial charge in [0, 0.05) is 37.3 Å². The smallest absolute Gasteiger partial charge is 0.330 e. The summed E-state index contributed by atoms with van der Waals surface area (Å²) in [6, 6.07) is 11.5. The molecule has 1 aromatic carbocycles. The fourth-order valence-corrected chi connectivity index (χ4v) is 3.58. The van der Waals surface area contributed by atoms with Crippen molar-refractivity contribution in [3.63, 3.8) is 0 Å². The Kier molecular flexibility index (Phi) is 5.81. The SMILES string of the molecule is COC(=O)C1CN(c2ccc(C#N)cn2)CCN1C(=O)c1cccc(-c2noc(C)n2)c1. The third-order valence-electron chi connectivity index (χ3n) is 5.21. The number of esters is 1. The maximum Gasteiger partial charge on any atom is 0.330 e. The summed E-state index contributed by atoms with van der Waals surface area (Å²) < 4.78 is 9.99. The Morgan fingerprint density at radius 2 is 2.09 bits per heavy atom. The number of ether oxygens (including phenoxy) is 1. The molecule has 4 rings (SSSR count). The molecule has 1 aliphatic rings. The van der Waals surface area contributed by atoms with E-state index in [2.05, 4.69) is 15.1 Å². The number of rotatable bonds is 4. The van der Waals surface area contributed by atoms with E-state index in [1.165, 1.54) is 18.2 Å². The third kappa shape index (κ3) is 4.13. The molecule has 0 saturated carbocycles. The first kappa shape index (κ1) is 21.0. The first-order chi connectivity index (χ1) is 15.5. The van der Waals surface area contributed by atoms with E-state index in [0.29, 0.717) is 47.3 Å². The number of nitriles is 1. The van der Waals surface area contributed by atoms with Crippen molar-refractivity contribution < 1.29 is 18.8 Å². The van der Waals surface area contributed by atoms with Crippen molar-refractivity contribution in [3.05, 3.63) is 59.6 Å². The molecule has 32 heavy (non-hydrogen) atoms. The summed E-state index contributed by atoms with van der Waals surface area (Å²) in [5, 5.41) is 12.9. The zero-order valence-corrected chi connectivity index (χ0v) is 17.6. The second-order valence-corrected chi connectivity index (χ2v) is 7.22. The summed E-state index contributed by atoms with van der Waals surface area (Å²) in [6.07, 6.45) is 1.48. The van der Waals surface area contributed by atoms with Crippen molar-refractivity contribution in [1.29, 1.82) is 5.26 Å². The minimum Gasteiger partial charge on any atom is -0.467 e. The molecule has 0 radical (unpaired) electrons. The molecule has 1 atom stereocenters. The number of pyridine rings is 1. The number of piperazine rings is 1. The molecule has 10 heteroatoms. The number of amides is 1. The molecule has 1 saturated heterocycles. The van der Waals surface area contributed by atoms with Crippen LogP contribution in [0.2, 0.25) is 0 Å². The highest BCUT2D eigenvalue weighted by Crippen LogP contribution is 2.23. The van der Waals surface area contributed by atoms with Crippen LogP contribution >= 0.6 is 0 Å². The van der Waals surface area contributed by atoms with E-state index >= 15 is 0 Å². The molecule has 1 unspecified atom stereocenters. The predicted molar refractivity (Wildman–Crippen MR) is 112 cm³/mol. The molecule has 0 aliphatic carbocycles. The van der Waals surface area contributed by atoms with Gasteiger partial charge in [-0.3, -0.25) is 4.79 Å². The van der Waals surface area contributed by atoms with E-state index in [4.69, 9.17) is 14.5 Å². The standard InChI is InChI=1S/C22H20N6O4/c1-14-25-20(26-32-14)16-4-3-5-17(10-16)21(29)28-9-8-27(13-18(28)22(30)31-2)19-7-6-15(11-23)12-24-19/h3-7,10,12,18H,8-9,13H2,1-2H3. The molecule has 0 bridgehead atoms. The van der Waals surface area contributed by atoms with Gasteiger partial charge in [-0.1, -0.05) is 17.3 Å². The maximum atomic E-state index is 13.3. The van der Waals surface area contributed by atoms with Crippen LogP contribution in [0.25, 0.3) is 11.4 Å². The van der Waals surface area contributed by atoms with Gasteiger partial charge in [-0.05, 0) is 24.3 Å². The lowest BCUT2D eigenvalue weighted by molar-refractivity contribution is -0.146. The zero-order chi connectivity index (χ0) is 22.7. The number of methoxy groups -OCH3 is 1. The fraction of sp³-hybridized carbons (Fsp3) is 0.273. The molecule has 1 aliphatic heterocycles. The van der Waals surface area contributed by atoms with Gasteiger partial charge in [-0.15, -0.1) is 0 Å². The van der Waals surface area contributed by atoms with E-state index in [1.807, 2.05) is 11.0 Å². The summed E-state index contributed by atoms with van der Waals surface area (Å²) >= 11 is 0. The Labute approximate surface area is 184 Å². The van der Waals surface area contributed by atoms with Gasteiger partial charge in [-0.25, -0.2) is 9.78 Å². The summed E-state index contributed by atoms with van der Waals surface area (Å²) in [5.41, 5.74) is 1.50. The highest BCUT2D eigenvalue weighted by Gasteiger charge is 2.37. The van der Waals surface area contributed by atoms with Gasteiger partial charge in [0.15, 0.2) is 0 Å². The van der Waals surface area contributed by atoms with Crippen LogP contribution < -0.4 is 4.90 Å². The fourth-order valence-electron chi connectivity index (χ4n) is 3.58. The van der Waals surface area contributed by atoms with E-state index < -0.39 is 12.0 Å². The van der Waals surface area contributed by atoms with Crippen molar-refractivity contribution in [2.45, 2.75) is 13.0 Å². The first-order valence-corrected chi connectivity index (χ1v) is 9.91. The molecule has 1 fully saturated rings. The lowest BCUT2D eigenvalue weighted by Gasteiger charge is -2.40. The van der Waals surface area contributed by atoms with Crippen LogP contribution in [-0.2, 0) is 9.53 Å². The number of hydrogen-bond donors (Lipinski definition) is 0. The van der Waals surface area contributed by atoms with Gasteiger partial charge < -0.3 is 19.1 Å². The molecule has 2 aromatic heterocycles. The van der Waals surface area contributed by atoms with Crippen LogP contribution in [0.5, 0.6) is 0 Å². The second-order valence-electron chi connectivity index (χ2n) is 7.22. The average Bonchev–Trinajstić information content (AvgIpc) is 3.29. The van der Waals surface area contributed by atoms with Gasteiger partial charge in [0.2, 0.25) is 11.7 Å². The van der Waals surface area contributed by atoms with E-state index in [0.717, 1.165) is 0 Å². The normalized spacial score (nSPS) is 15.8. The quantitative estimate of drug-likeness (QED) is 0.567. The number of anilines is 1. The summed E-state index contributed by atoms with van der Waals surface area (Å²) in [6.45, 7) is 2.68. The lowest BCUT2D eigenvalue weighted by atomic mass is 10.1. The molecular formula is C22H20N6O4. The van der Waals surface area contributed by atoms with Gasteiger partial charge in [0.25, 0.3) is 5.91 Å². The largest absolute Gasteiger partial charge is 0.467 e. The lowest BCUT2D eigenvalue weighted by Crippen LogP contribution is -2.58. The van der Waals surface area contributed by atoms with Crippen molar-refractivity contribution in [2.75, 3.05) is 31.6 Å². The monoisotopic (exact) mass is 432 g/mol. The van der Waals surface area contributed by atoms with Crippen LogP contribution in [0.3, 0.4) is 0 Å². The summed E-state index contributed by atoms with van der Waals surface area (Å²) in [7, 11) is 1.29. The van der Waals surface area contributed by atoms with Gasteiger partial charge in [0.1, 0.15) is 17.9 Å². The molecular weight excluding hydrogens is 412 g/mol. The minimum absolute atomic E-state index is 0.223. The van der Waals surface area contributed by atoms with Gasteiger partial charge in [-0.2, -0.15) is 10.2 Å². The topological polar surface area (TPSA) is 125 Å². The van der Waals surface area contributed by atoms with Crippen molar-refractivity contribution in [1.82, 2.24) is 20.0 Å². The third-order valence-corrected chi connectivity index (χ3v) is 5.21. The Morgan fingerprint density at radius 1 is 1.25 bits per heavy atom. The van der Waals surface area contributed by atoms with Crippen molar-refractivity contribution in [3.8, 4) is 17.5 Å². The Hall–Kier alpha value is -4.26. The summed E-state index contributed by atoms with van der Waals surface area (Å²) in [5.74, 6) is 0.629. The van der Waals surface area contributed by atoms with Crippen LogP contribution in [0.15, 0.2) is 47.1 Å². The van der Waals surface area contributed by atoms with E-state index in [1.54, 1.807) is 43.3 Å². The zero-order valence-electron chi connectivity index (χ0n) is 17.6. The van der Waals surface area contributed by atoms with Crippen LogP contribution in [0.1, 0.15) is 21.8 Å². The highest BCUT2D eigenvalue weighted by atomic mass is 16.5. The molecule has 0 N–H and O–H groups in total. The van der Waals surface area contributed by atoms with E-state index in [-0.39, 0.29) is 12.5 Å². The second kappa shape index (κ2) is 8.85. The number of benzene rings is 1. The summed E-state index contributed by atoms with van der Waals surface area (Å²) in [4.78, 5) is 37.8. The molecule has 0 spiro atoms. The van der Waals surface area contributed by atoms with Crippen LogP contribution in [0, 0.1) is 18.3 Å². The van der Waals surface area contributed by atoms with Gasteiger partial charge in [0.05, 0.1) is 19.2 Å². The Morgan fingerprint density at radius 3 is 2.75 bits per heavy atom. The number of carbonyl (C=O) groups is 2. The number of aromatic nitrogens is 3. The van der Waals surface area contributed by atoms with E-state index in [9.17, 15) is 9.59 Å². The number of aryl methyl sites for hydroxylation is 1. The number of carbonyl (C=O) groups excluding carboxylic acids is 2. The molecule has 1 amide bonds. The molecule has 10 nitrogen and oxygen atoms in total. The average molecular weight is 432 g/mol. The highest BCUT2D eigenvalue weighted by molar-refractivity contribution is 5.98.